The van der Waals surface area contributed by atoms with Gasteiger partial charge in [0.05, 0.1) is 17.9 Å². The fraction of sp³-hybridized carbons (Fsp3) is 0.222. The lowest BCUT2D eigenvalue weighted by molar-refractivity contribution is 0.0723. The molecule has 7 nitrogen and oxygen atoms in total. The van der Waals surface area contributed by atoms with E-state index < -0.39 is 0 Å². The standard InChI is InChI=1S/C18H16FN5O2/c19-12-5-2-1-4-11(12)14-10-20-17(21-14)15-6-3-9-24(15)18(26)13-7-8-16(25)23-22-13/h1-2,4-5,7-8,10,15H,3,6,9H2,(H,20,21)(H,23,25). The van der Waals surface area contributed by atoms with E-state index in [1.807, 2.05) is 0 Å². The van der Waals surface area contributed by atoms with Crippen LogP contribution in [0.25, 0.3) is 11.3 Å². The summed E-state index contributed by atoms with van der Waals surface area (Å²) in [5.41, 5.74) is 0.821. The summed E-state index contributed by atoms with van der Waals surface area (Å²) in [6, 6.07) is 8.89. The molecule has 1 aromatic carbocycles. The fourth-order valence-electron chi connectivity index (χ4n) is 3.23. The Hall–Kier alpha value is -3.29. The zero-order chi connectivity index (χ0) is 18.1. The number of nitrogens with zero attached hydrogens (tertiary/aromatic N) is 3. The minimum atomic E-state index is -0.361. The summed E-state index contributed by atoms with van der Waals surface area (Å²) in [4.78, 5) is 33.0. The van der Waals surface area contributed by atoms with E-state index in [0.717, 1.165) is 12.8 Å². The van der Waals surface area contributed by atoms with Crippen LogP contribution in [-0.4, -0.2) is 37.5 Å². The zero-order valence-electron chi connectivity index (χ0n) is 13.8. The van der Waals surface area contributed by atoms with Gasteiger partial charge in [0.15, 0.2) is 0 Å². The second-order valence-electron chi connectivity index (χ2n) is 6.12. The number of amides is 1. The number of carbonyl (C=O) groups is 1. The molecule has 0 spiro atoms. The SMILES string of the molecule is O=C(c1ccc(=O)[nH]n1)N1CCCC1c1ncc(-c2ccccc2F)[nH]1. The third-order valence-corrected chi connectivity index (χ3v) is 4.49. The number of carbonyl (C=O) groups excluding carboxylic acids is 1. The van der Waals surface area contributed by atoms with Gasteiger partial charge in [-0.2, -0.15) is 5.10 Å². The zero-order valence-corrected chi connectivity index (χ0v) is 13.8. The molecule has 2 aromatic heterocycles. The van der Waals surface area contributed by atoms with Crippen LogP contribution >= 0.6 is 0 Å². The third-order valence-electron chi connectivity index (χ3n) is 4.49. The van der Waals surface area contributed by atoms with Crippen LogP contribution in [0.15, 0.2) is 47.4 Å². The molecule has 1 unspecified atom stereocenters. The van der Waals surface area contributed by atoms with Gasteiger partial charge in [-0.05, 0) is 31.0 Å². The van der Waals surface area contributed by atoms with Crippen LogP contribution in [-0.2, 0) is 0 Å². The van der Waals surface area contributed by atoms with Crippen LogP contribution < -0.4 is 5.56 Å². The molecule has 3 heterocycles. The molecule has 1 aliphatic heterocycles. The molecule has 8 heteroatoms. The molecular formula is C18H16FN5O2. The van der Waals surface area contributed by atoms with Crippen LogP contribution in [0.2, 0.25) is 0 Å². The summed E-state index contributed by atoms with van der Waals surface area (Å²) in [6.45, 7) is 0.569. The highest BCUT2D eigenvalue weighted by Gasteiger charge is 2.33. The van der Waals surface area contributed by atoms with Crippen molar-refractivity contribution in [3.63, 3.8) is 0 Å². The summed E-state index contributed by atoms with van der Waals surface area (Å²) in [5, 5.41) is 6.08. The smallest absolute Gasteiger partial charge is 0.274 e. The Bertz CT molecular complexity index is 992. The molecule has 1 amide bonds. The lowest BCUT2D eigenvalue weighted by Gasteiger charge is -2.22. The van der Waals surface area contributed by atoms with Gasteiger partial charge in [0.1, 0.15) is 17.3 Å². The molecule has 0 aliphatic carbocycles. The highest BCUT2D eigenvalue weighted by atomic mass is 19.1. The highest BCUT2D eigenvalue weighted by Crippen LogP contribution is 2.32. The first-order valence-corrected chi connectivity index (χ1v) is 8.30. The van der Waals surface area contributed by atoms with Gasteiger partial charge < -0.3 is 9.88 Å². The lowest BCUT2D eigenvalue weighted by atomic mass is 10.1. The molecule has 1 saturated heterocycles. The average Bonchev–Trinajstić information content (AvgIpc) is 3.31. The first kappa shape index (κ1) is 16.2. The van der Waals surface area contributed by atoms with E-state index in [0.29, 0.717) is 23.6 Å². The predicted octanol–water partition coefficient (Wildman–Crippen LogP) is 2.28. The second-order valence-corrected chi connectivity index (χ2v) is 6.12. The number of aromatic nitrogens is 4. The van der Waals surface area contributed by atoms with Gasteiger partial charge in [-0.15, -0.1) is 0 Å². The monoisotopic (exact) mass is 353 g/mol. The van der Waals surface area contributed by atoms with E-state index in [1.165, 1.54) is 18.2 Å². The van der Waals surface area contributed by atoms with E-state index in [4.69, 9.17) is 0 Å². The quantitative estimate of drug-likeness (QED) is 0.755. The van der Waals surface area contributed by atoms with Crippen molar-refractivity contribution in [3.8, 4) is 11.3 Å². The first-order chi connectivity index (χ1) is 12.6. The maximum Gasteiger partial charge on any atom is 0.274 e. The number of halogens is 1. The van der Waals surface area contributed by atoms with Gasteiger partial charge >= 0.3 is 0 Å². The predicted molar refractivity (Wildman–Crippen MR) is 91.9 cm³/mol. The second kappa shape index (κ2) is 6.55. The molecular weight excluding hydrogens is 337 g/mol. The minimum absolute atomic E-state index is 0.178. The summed E-state index contributed by atoms with van der Waals surface area (Å²) < 4.78 is 14.0. The van der Waals surface area contributed by atoms with Crippen LogP contribution in [0.1, 0.15) is 35.2 Å². The lowest BCUT2D eigenvalue weighted by Crippen LogP contribution is -2.32. The van der Waals surface area contributed by atoms with Crippen molar-refractivity contribution in [1.82, 2.24) is 25.1 Å². The number of rotatable bonds is 3. The van der Waals surface area contributed by atoms with E-state index >= 15 is 0 Å². The Morgan fingerprint density at radius 3 is 2.85 bits per heavy atom. The number of hydrogen-bond donors (Lipinski definition) is 2. The Morgan fingerprint density at radius 2 is 2.08 bits per heavy atom. The van der Waals surface area contributed by atoms with E-state index in [1.54, 1.807) is 29.3 Å². The normalized spacial score (nSPS) is 16.8. The van der Waals surface area contributed by atoms with Crippen LogP contribution in [0.5, 0.6) is 0 Å². The summed E-state index contributed by atoms with van der Waals surface area (Å²) in [6.07, 6.45) is 3.15. The van der Waals surface area contributed by atoms with Crippen molar-refractivity contribution in [3.05, 3.63) is 70.3 Å². The maximum absolute atomic E-state index is 14.0. The molecule has 1 aliphatic rings. The summed E-state index contributed by atoms with van der Waals surface area (Å²) in [7, 11) is 0. The average molecular weight is 353 g/mol. The Balaban J connectivity index is 1.61. The van der Waals surface area contributed by atoms with Gasteiger partial charge in [0.2, 0.25) is 0 Å². The number of likely N-dealkylation sites (tertiary alicyclic amines) is 1. The van der Waals surface area contributed by atoms with Crippen molar-refractivity contribution in [1.29, 1.82) is 0 Å². The molecule has 0 saturated carbocycles. The number of benzene rings is 1. The number of imidazole rings is 1. The van der Waals surface area contributed by atoms with Crippen molar-refractivity contribution in [2.24, 2.45) is 0 Å². The Morgan fingerprint density at radius 1 is 1.23 bits per heavy atom. The molecule has 1 fully saturated rings. The summed E-state index contributed by atoms with van der Waals surface area (Å²) in [5.74, 6) is 0.00520. The molecule has 0 radical (unpaired) electrons. The van der Waals surface area contributed by atoms with E-state index in [2.05, 4.69) is 20.2 Å². The van der Waals surface area contributed by atoms with Crippen molar-refractivity contribution in [2.75, 3.05) is 6.54 Å². The van der Waals surface area contributed by atoms with Crippen molar-refractivity contribution >= 4 is 5.91 Å². The molecule has 3 aromatic rings. The van der Waals surface area contributed by atoms with Crippen molar-refractivity contribution < 1.29 is 9.18 Å². The Labute approximate surface area is 147 Å². The minimum Gasteiger partial charge on any atom is -0.340 e. The van der Waals surface area contributed by atoms with Crippen molar-refractivity contribution in [2.45, 2.75) is 18.9 Å². The third kappa shape index (κ3) is 2.90. The van der Waals surface area contributed by atoms with Crippen LogP contribution in [0, 0.1) is 5.82 Å². The van der Waals surface area contributed by atoms with Gasteiger partial charge in [0.25, 0.3) is 11.5 Å². The molecule has 0 bridgehead atoms. The van der Waals surface area contributed by atoms with Gasteiger partial charge in [0, 0.05) is 18.2 Å². The van der Waals surface area contributed by atoms with Gasteiger partial charge in [-0.25, -0.2) is 14.5 Å². The molecule has 1 atom stereocenters. The molecule has 4 rings (SSSR count). The van der Waals surface area contributed by atoms with Crippen LogP contribution in [0.3, 0.4) is 0 Å². The topological polar surface area (TPSA) is 94.7 Å². The van der Waals surface area contributed by atoms with E-state index in [-0.39, 0.29) is 29.0 Å². The summed E-state index contributed by atoms with van der Waals surface area (Å²) >= 11 is 0. The number of H-pyrrole nitrogens is 2. The first-order valence-electron chi connectivity index (χ1n) is 8.30. The number of nitrogens with one attached hydrogen (secondary N) is 2. The highest BCUT2D eigenvalue weighted by molar-refractivity contribution is 5.92. The molecule has 2 N–H and O–H groups in total. The maximum atomic E-state index is 14.0. The fourth-order valence-corrected chi connectivity index (χ4v) is 3.23. The van der Waals surface area contributed by atoms with Crippen LogP contribution in [0.4, 0.5) is 4.39 Å². The van der Waals surface area contributed by atoms with Gasteiger partial charge in [-0.1, -0.05) is 12.1 Å². The van der Waals surface area contributed by atoms with Gasteiger partial charge in [-0.3, -0.25) is 9.59 Å². The Kier molecular flexibility index (Phi) is 4.08. The van der Waals surface area contributed by atoms with E-state index in [9.17, 15) is 14.0 Å². The number of hydrogen-bond acceptors (Lipinski definition) is 4. The largest absolute Gasteiger partial charge is 0.340 e. The molecule has 132 valence electrons. The molecule has 26 heavy (non-hydrogen) atoms. The number of aromatic amines is 2.